The van der Waals surface area contributed by atoms with Gasteiger partial charge in [-0.3, -0.25) is 19.8 Å². The number of nitrogens with zero attached hydrogens (tertiary/aromatic N) is 1. The van der Waals surface area contributed by atoms with E-state index in [0.29, 0.717) is 11.3 Å². The fourth-order valence-electron chi connectivity index (χ4n) is 3.03. The number of amides is 2. The molecule has 3 rings (SSSR count). The summed E-state index contributed by atoms with van der Waals surface area (Å²) in [5.41, 5.74) is 2.49. The molecule has 30 heavy (non-hydrogen) atoms. The van der Waals surface area contributed by atoms with Gasteiger partial charge in [-0.25, -0.2) is 0 Å². The minimum atomic E-state index is -0.529. The minimum Gasteiger partial charge on any atom is -0.496 e. The summed E-state index contributed by atoms with van der Waals surface area (Å²) < 4.78 is 11.4. The lowest BCUT2D eigenvalue weighted by Crippen LogP contribution is -2.53. The normalized spacial score (nSPS) is 15.2. The van der Waals surface area contributed by atoms with Gasteiger partial charge in [0.15, 0.2) is 5.11 Å². The molecular weight excluding hydrogens is 400 g/mol. The molecule has 0 bridgehead atoms. The van der Waals surface area contributed by atoms with E-state index in [-0.39, 0.29) is 23.8 Å². The van der Waals surface area contributed by atoms with Crippen molar-refractivity contribution in [1.29, 1.82) is 0 Å². The topological polar surface area (TPSA) is 67.9 Å². The average Bonchev–Trinajstić information content (AvgIpc) is 2.73. The van der Waals surface area contributed by atoms with Crippen LogP contribution in [0.2, 0.25) is 0 Å². The van der Waals surface area contributed by atoms with E-state index >= 15 is 0 Å². The van der Waals surface area contributed by atoms with Gasteiger partial charge < -0.3 is 9.47 Å². The highest BCUT2D eigenvalue weighted by Gasteiger charge is 2.32. The Morgan fingerprint density at radius 1 is 1.17 bits per heavy atom. The molecule has 0 aromatic heterocycles. The van der Waals surface area contributed by atoms with Crippen LogP contribution in [-0.4, -0.2) is 35.5 Å². The summed E-state index contributed by atoms with van der Waals surface area (Å²) in [7, 11) is 1.58. The van der Waals surface area contributed by atoms with E-state index in [1.54, 1.807) is 25.3 Å². The van der Waals surface area contributed by atoms with Gasteiger partial charge in [0.05, 0.1) is 7.11 Å². The lowest BCUT2D eigenvalue weighted by atomic mass is 10.0. The number of carbonyl (C=O) groups is 2. The Labute approximate surface area is 180 Å². The first-order valence-electron chi connectivity index (χ1n) is 9.29. The lowest BCUT2D eigenvalue weighted by Gasteiger charge is -2.27. The number of nitrogens with one attached hydrogen (secondary N) is 1. The zero-order valence-electron chi connectivity index (χ0n) is 16.8. The van der Waals surface area contributed by atoms with Crippen LogP contribution >= 0.6 is 12.2 Å². The molecule has 1 aliphatic rings. The Kier molecular flexibility index (Phi) is 6.64. The Hall–Kier alpha value is -3.45. The quantitative estimate of drug-likeness (QED) is 0.321. The number of aryl methyl sites for hydroxylation is 1. The largest absolute Gasteiger partial charge is 0.496 e. The predicted octanol–water partition coefficient (Wildman–Crippen LogP) is 3.40. The number of para-hydroxylation sites is 1. The van der Waals surface area contributed by atoms with Gasteiger partial charge in [0.1, 0.15) is 23.7 Å². The second kappa shape index (κ2) is 9.37. The van der Waals surface area contributed by atoms with Gasteiger partial charge in [-0.05, 0) is 54.5 Å². The molecular formula is C23H22N2O4S. The van der Waals surface area contributed by atoms with Crippen LogP contribution in [0.3, 0.4) is 0 Å². The summed E-state index contributed by atoms with van der Waals surface area (Å²) >= 11 is 5.07. The van der Waals surface area contributed by atoms with Crippen LogP contribution in [0, 0.1) is 6.92 Å². The summed E-state index contributed by atoms with van der Waals surface area (Å²) in [6, 6.07) is 13.1. The Morgan fingerprint density at radius 2 is 1.93 bits per heavy atom. The van der Waals surface area contributed by atoms with Crippen LogP contribution in [0.1, 0.15) is 16.7 Å². The van der Waals surface area contributed by atoms with E-state index in [1.807, 2.05) is 37.3 Å². The van der Waals surface area contributed by atoms with Crippen molar-refractivity contribution in [3.8, 4) is 11.5 Å². The SMILES string of the molecule is C=CCN1C(=O)/C(=C/c2ccc(OC)c(COc3ccccc3C)c2)C(=O)NC1=S. The van der Waals surface area contributed by atoms with Crippen LogP contribution in [0.4, 0.5) is 0 Å². The second-order valence-corrected chi connectivity index (χ2v) is 7.03. The van der Waals surface area contributed by atoms with E-state index in [4.69, 9.17) is 21.7 Å². The summed E-state index contributed by atoms with van der Waals surface area (Å²) in [5, 5.41) is 2.61. The summed E-state index contributed by atoms with van der Waals surface area (Å²) in [5.74, 6) is 0.439. The zero-order valence-corrected chi connectivity index (χ0v) is 17.6. The van der Waals surface area contributed by atoms with E-state index in [1.165, 1.54) is 11.0 Å². The smallest absolute Gasteiger partial charge is 0.265 e. The van der Waals surface area contributed by atoms with Crippen molar-refractivity contribution < 1.29 is 19.1 Å². The molecule has 7 heteroatoms. The molecule has 154 valence electrons. The molecule has 1 aliphatic heterocycles. The Morgan fingerprint density at radius 3 is 2.63 bits per heavy atom. The third-order valence-electron chi connectivity index (χ3n) is 4.59. The van der Waals surface area contributed by atoms with Crippen LogP contribution in [0.5, 0.6) is 11.5 Å². The van der Waals surface area contributed by atoms with Crippen molar-refractivity contribution in [3.05, 3.63) is 77.4 Å². The van der Waals surface area contributed by atoms with E-state index in [0.717, 1.165) is 16.9 Å². The van der Waals surface area contributed by atoms with Crippen molar-refractivity contribution >= 4 is 35.2 Å². The van der Waals surface area contributed by atoms with E-state index in [9.17, 15) is 9.59 Å². The van der Waals surface area contributed by atoms with Gasteiger partial charge in [-0.1, -0.05) is 30.3 Å². The number of methoxy groups -OCH3 is 1. The number of ether oxygens (including phenoxy) is 2. The summed E-state index contributed by atoms with van der Waals surface area (Å²) in [4.78, 5) is 26.3. The van der Waals surface area contributed by atoms with Gasteiger partial charge in [0.2, 0.25) is 0 Å². The van der Waals surface area contributed by atoms with Crippen LogP contribution in [0.25, 0.3) is 6.08 Å². The number of rotatable bonds is 7. The fourth-order valence-corrected chi connectivity index (χ4v) is 3.28. The number of benzene rings is 2. The van der Waals surface area contributed by atoms with Gasteiger partial charge in [-0.15, -0.1) is 6.58 Å². The average molecular weight is 423 g/mol. The number of thiocarbonyl (C=S) groups is 1. The highest BCUT2D eigenvalue weighted by Crippen LogP contribution is 2.25. The predicted molar refractivity (Wildman–Crippen MR) is 119 cm³/mol. The summed E-state index contributed by atoms with van der Waals surface area (Å²) in [6.07, 6.45) is 3.08. The first-order valence-corrected chi connectivity index (χ1v) is 9.70. The highest BCUT2D eigenvalue weighted by molar-refractivity contribution is 7.80. The first kappa shape index (κ1) is 21.3. The third-order valence-corrected chi connectivity index (χ3v) is 4.91. The number of hydrogen-bond acceptors (Lipinski definition) is 5. The van der Waals surface area contributed by atoms with Crippen LogP contribution in [0.15, 0.2) is 60.7 Å². The zero-order chi connectivity index (χ0) is 21.7. The first-order chi connectivity index (χ1) is 14.4. The molecule has 2 aromatic carbocycles. The lowest BCUT2D eigenvalue weighted by molar-refractivity contribution is -0.128. The second-order valence-electron chi connectivity index (χ2n) is 6.65. The molecule has 6 nitrogen and oxygen atoms in total. The molecule has 0 atom stereocenters. The van der Waals surface area contributed by atoms with Crippen LogP contribution in [-0.2, 0) is 16.2 Å². The molecule has 0 spiro atoms. The molecule has 2 aromatic rings. The van der Waals surface area contributed by atoms with Gasteiger partial charge in [-0.2, -0.15) is 0 Å². The molecule has 2 amide bonds. The molecule has 1 saturated heterocycles. The van der Waals surface area contributed by atoms with Crippen LogP contribution < -0.4 is 14.8 Å². The Bertz CT molecular complexity index is 1050. The minimum absolute atomic E-state index is 0.00129. The van der Waals surface area contributed by atoms with Gasteiger partial charge >= 0.3 is 0 Å². The molecule has 0 saturated carbocycles. The molecule has 0 aliphatic carbocycles. The van der Waals surface area contributed by atoms with E-state index < -0.39 is 11.8 Å². The maximum Gasteiger partial charge on any atom is 0.265 e. The van der Waals surface area contributed by atoms with Crippen molar-refractivity contribution in [2.24, 2.45) is 0 Å². The summed E-state index contributed by atoms with van der Waals surface area (Å²) in [6.45, 7) is 6.08. The highest BCUT2D eigenvalue weighted by atomic mass is 32.1. The van der Waals surface area contributed by atoms with Gasteiger partial charge in [0, 0.05) is 12.1 Å². The fraction of sp³-hybridized carbons (Fsp3) is 0.174. The standard InChI is InChI=1S/C23H22N2O4S/c1-4-11-25-22(27)18(21(26)24-23(25)30)13-16-9-10-20(28-3)17(12-16)14-29-19-8-6-5-7-15(19)2/h4-10,12-13H,1,11,14H2,2-3H3,(H,24,26,30)/b18-13+. The van der Waals surface area contributed by atoms with Crippen molar-refractivity contribution in [2.75, 3.05) is 13.7 Å². The molecule has 0 unspecified atom stereocenters. The monoisotopic (exact) mass is 422 g/mol. The van der Waals surface area contributed by atoms with Crippen molar-refractivity contribution in [2.45, 2.75) is 13.5 Å². The maximum atomic E-state index is 12.7. The Balaban J connectivity index is 1.89. The molecule has 0 radical (unpaired) electrons. The third kappa shape index (κ3) is 4.58. The van der Waals surface area contributed by atoms with Gasteiger partial charge in [0.25, 0.3) is 11.8 Å². The van der Waals surface area contributed by atoms with Crippen molar-refractivity contribution in [3.63, 3.8) is 0 Å². The van der Waals surface area contributed by atoms with E-state index in [2.05, 4.69) is 11.9 Å². The molecule has 1 fully saturated rings. The molecule has 1 heterocycles. The number of hydrogen-bond donors (Lipinski definition) is 1. The number of carbonyl (C=O) groups excluding carboxylic acids is 2. The molecule has 1 N–H and O–H groups in total. The van der Waals surface area contributed by atoms with Crippen molar-refractivity contribution in [1.82, 2.24) is 10.2 Å². The maximum absolute atomic E-state index is 12.7.